The fraction of sp³-hybridized carbons (Fsp3) is 0.588. The molecule has 20 heavy (non-hydrogen) atoms. The molecule has 3 heteroatoms. The lowest BCUT2D eigenvalue weighted by Crippen LogP contribution is -2.43. The van der Waals surface area contributed by atoms with Gasteiger partial charge in [-0.25, -0.2) is 0 Å². The standard InChI is InChI=1S/C17H23N3/c18-9-6-17(7-10-19-11-8-17)13-20-16-12-15(16)14-4-2-1-3-5-14/h1-5,15-16,19-20H,6-8,10-13H2/t15-,16+/m0/s1. The average molecular weight is 269 g/mol. The Hall–Kier alpha value is -1.37. The molecule has 0 aromatic heterocycles. The fourth-order valence-electron chi connectivity index (χ4n) is 3.38. The molecule has 2 aliphatic rings. The van der Waals surface area contributed by atoms with Gasteiger partial charge in [0.1, 0.15) is 0 Å². The number of nitrogens with zero attached hydrogens (tertiary/aromatic N) is 1. The number of hydrogen-bond acceptors (Lipinski definition) is 3. The quantitative estimate of drug-likeness (QED) is 0.863. The Balaban J connectivity index is 1.53. The van der Waals surface area contributed by atoms with Crippen LogP contribution in [0.2, 0.25) is 0 Å². The molecule has 1 saturated carbocycles. The maximum absolute atomic E-state index is 9.10. The molecule has 0 bridgehead atoms. The predicted molar refractivity (Wildman–Crippen MR) is 80.4 cm³/mol. The second kappa shape index (κ2) is 5.95. The third-order valence-corrected chi connectivity index (χ3v) is 4.88. The summed E-state index contributed by atoms with van der Waals surface area (Å²) in [7, 11) is 0. The van der Waals surface area contributed by atoms with E-state index in [1.54, 1.807) is 0 Å². The number of nitriles is 1. The third kappa shape index (κ3) is 3.03. The van der Waals surface area contributed by atoms with Gasteiger partial charge < -0.3 is 10.6 Å². The van der Waals surface area contributed by atoms with Gasteiger partial charge in [0.25, 0.3) is 0 Å². The van der Waals surface area contributed by atoms with Gasteiger partial charge in [-0.1, -0.05) is 30.3 Å². The molecule has 2 fully saturated rings. The Bertz CT molecular complexity index is 471. The monoisotopic (exact) mass is 269 g/mol. The van der Waals surface area contributed by atoms with Crippen LogP contribution < -0.4 is 10.6 Å². The van der Waals surface area contributed by atoms with E-state index >= 15 is 0 Å². The summed E-state index contributed by atoms with van der Waals surface area (Å²) >= 11 is 0. The van der Waals surface area contributed by atoms with Crippen LogP contribution in [0.4, 0.5) is 0 Å². The Labute approximate surface area is 121 Å². The van der Waals surface area contributed by atoms with E-state index in [4.69, 9.17) is 5.26 Å². The minimum atomic E-state index is 0.198. The minimum Gasteiger partial charge on any atom is -0.317 e. The number of nitrogens with one attached hydrogen (secondary N) is 2. The van der Waals surface area contributed by atoms with Gasteiger partial charge in [-0.15, -0.1) is 0 Å². The SMILES string of the molecule is N#CCC1(CN[C@@H]2C[C@H]2c2ccccc2)CCNCC1. The van der Waals surface area contributed by atoms with Crippen molar-refractivity contribution in [1.29, 1.82) is 5.26 Å². The Morgan fingerprint density at radius 2 is 2.00 bits per heavy atom. The van der Waals surface area contributed by atoms with Gasteiger partial charge >= 0.3 is 0 Å². The molecule has 1 aliphatic heterocycles. The number of rotatable bonds is 5. The van der Waals surface area contributed by atoms with E-state index in [0.29, 0.717) is 18.4 Å². The van der Waals surface area contributed by atoms with Gasteiger partial charge in [-0.05, 0) is 43.3 Å². The molecular weight excluding hydrogens is 246 g/mol. The lowest BCUT2D eigenvalue weighted by atomic mass is 9.76. The predicted octanol–water partition coefficient (Wildman–Crippen LogP) is 2.42. The highest BCUT2D eigenvalue weighted by Gasteiger charge is 2.40. The largest absolute Gasteiger partial charge is 0.317 e. The number of benzene rings is 1. The van der Waals surface area contributed by atoms with Gasteiger partial charge in [-0.3, -0.25) is 0 Å². The molecule has 1 aromatic carbocycles. The normalized spacial score (nSPS) is 27.8. The van der Waals surface area contributed by atoms with Crippen LogP contribution in [0.25, 0.3) is 0 Å². The van der Waals surface area contributed by atoms with Gasteiger partial charge in [-0.2, -0.15) is 5.26 Å². The Kier molecular flexibility index (Phi) is 4.05. The third-order valence-electron chi connectivity index (χ3n) is 4.88. The minimum absolute atomic E-state index is 0.198. The molecular formula is C17H23N3. The van der Waals surface area contributed by atoms with Crippen molar-refractivity contribution in [2.45, 2.75) is 37.6 Å². The zero-order chi connectivity index (χ0) is 13.8. The summed E-state index contributed by atoms with van der Waals surface area (Å²) in [5.41, 5.74) is 1.65. The summed E-state index contributed by atoms with van der Waals surface area (Å²) < 4.78 is 0. The van der Waals surface area contributed by atoms with Gasteiger partial charge in [0.15, 0.2) is 0 Å². The number of piperidine rings is 1. The molecule has 0 amide bonds. The van der Waals surface area contributed by atoms with E-state index in [0.717, 1.165) is 32.5 Å². The van der Waals surface area contributed by atoms with Crippen molar-refractivity contribution in [2.75, 3.05) is 19.6 Å². The molecule has 3 nitrogen and oxygen atoms in total. The fourth-order valence-corrected chi connectivity index (χ4v) is 3.38. The van der Waals surface area contributed by atoms with Crippen LogP contribution in [0.3, 0.4) is 0 Å². The highest BCUT2D eigenvalue weighted by Crippen LogP contribution is 2.42. The van der Waals surface area contributed by atoms with E-state index in [-0.39, 0.29) is 5.41 Å². The van der Waals surface area contributed by atoms with Crippen molar-refractivity contribution in [3.63, 3.8) is 0 Å². The smallest absolute Gasteiger partial charge is 0.0628 e. The van der Waals surface area contributed by atoms with Gasteiger partial charge in [0.05, 0.1) is 6.07 Å². The van der Waals surface area contributed by atoms with Crippen molar-refractivity contribution in [3.05, 3.63) is 35.9 Å². The van der Waals surface area contributed by atoms with Crippen LogP contribution in [0.5, 0.6) is 0 Å². The van der Waals surface area contributed by atoms with Crippen molar-refractivity contribution < 1.29 is 0 Å². The molecule has 106 valence electrons. The molecule has 1 aromatic rings. The van der Waals surface area contributed by atoms with Crippen molar-refractivity contribution >= 4 is 0 Å². The lowest BCUT2D eigenvalue weighted by molar-refractivity contribution is 0.198. The van der Waals surface area contributed by atoms with Crippen molar-refractivity contribution in [3.8, 4) is 6.07 Å². The van der Waals surface area contributed by atoms with Gasteiger partial charge in [0, 0.05) is 24.9 Å². The number of hydrogen-bond donors (Lipinski definition) is 2. The topological polar surface area (TPSA) is 47.9 Å². The van der Waals surface area contributed by atoms with E-state index < -0.39 is 0 Å². The van der Waals surface area contributed by atoms with Crippen LogP contribution in [0, 0.1) is 16.7 Å². The summed E-state index contributed by atoms with van der Waals surface area (Å²) in [5.74, 6) is 0.678. The van der Waals surface area contributed by atoms with E-state index in [1.165, 1.54) is 12.0 Å². The highest BCUT2D eigenvalue weighted by molar-refractivity contribution is 5.27. The summed E-state index contributed by atoms with van der Waals surface area (Å²) in [4.78, 5) is 0. The lowest BCUT2D eigenvalue weighted by Gasteiger charge is -2.36. The molecule has 1 saturated heterocycles. The van der Waals surface area contributed by atoms with Crippen LogP contribution in [0.15, 0.2) is 30.3 Å². The molecule has 0 spiro atoms. The highest BCUT2D eigenvalue weighted by atomic mass is 15.0. The van der Waals surface area contributed by atoms with Crippen LogP contribution in [-0.4, -0.2) is 25.7 Å². The summed E-state index contributed by atoms with van der Waals surface area (Å²) in [5, 5.41) is 16.2. The van der Waals surface area contributed by atoms with E-state index in [2.05, 4.69) is 47.0 Å². The molecule has 0 unspecified atom stereocenters. The first-order valence-corrected chi connectivity index (χ1v) is 7.69. The summed E-state index contributed by atoms with van der Waals surface area (Å²) in [6.45, 7) is 3.10. The van der Waals surface area contributed by atoms with Crippen LogP contribution in [0.1, 0.15) is 37.2 Å². The molecule has 2 atom stereocenters. The Morgan fingerprint density at radius 1 is 1.25 bits per heavy atom. The second-order valence-corrected chi connectivity index (χ2v) is 6.33. The molecule has 0 radical (unpaired) electrons. The molecule has 3 rings (SSSR count). The molecule has 2 N–H and O–H groups in total. The first-order valence-electron chi connectivity index (χ1n) is 7.69. The van der Waals surface area contributed by atoms with E-state index in [9.17, 15) is 0 Å². The first-order chi connectivity index (χ1) is 9.83. The van der Waals surface area contributed by atoms with Crippen molar-refractivity contribution in [2.24, 2.45) is 5.41 Å². The second-order valence-electron chi connectivity index (χ2n) is 6.33. The molecule has 1 aliphatic carbocycles. The summed E-state index contributed by atoms with van der Waals surface area (Å²) in [6, 6.07) is 13.8. The zero-order valence-corrected chi connectivity index (χ0v) is 11.9. The maximum Gasteiger partial charge on any atom is 0.0628 e. The maximum atomic E-state index is 9.10. The molecule has 1 heterocycles. The van der Waals surface area contributed by atoms with Crippen LogP contribution >= 0.6 is 0 Å². The Morgan fingerprint density at radius 3 is 2.70 bits per heavy atom. The van der Waals surface area contributed by atoms with E-state index in [1.807, 2.05) is 0 Å². The van der Waals surface area contributed by atoms with Gasteiger partial charge in [0.2, 0.25) is 0 Å². The first kappa shape index (κ1) is 13.6. The van der Waals surface area contributed by atoms with Crippen LogP contribution in [-0.2, 0) is 0 Å². The summed E-state index contributed by atoms with van der Waals surface area (Å²) in [6.07, 6.45) is 4.17. The van der Waals surface area contributed by atoms with Crippen molar-refractivity contribution in [1.82, 2.24) is 10.6 Å². The average Bonchev–Trinajstić information content (AvgIpc) is 3.27. The zero-order valence-electron chi connectivity index (χ0n) is 11.9.